The molecule has 1 unspecified atom stereocenters. The number of aromatic amines is 1. The lowest BCUT2D eigenvalue weighted by molar-refractivity contribution is -0.141. The Labute approximate surface area is 166 Å². The number of ether oxygens (including phenoxy) is 1. The Hall–Kier alpha value is -2.99. The summed E-state index contributed by atoms with van der Waals surface area (Å²) in [6.45, 7) is 5.18. The Bertz CT molecular complexity index is 1090. The molecule has 0 saturated heterocycles. The van der Waals surface area contributed by atoms with Crippen LogP contribution < -0.4 is 0 Å². The Balaban J connectivity index is 2.37. The summed E-state index contributed by atoms with van der Waals surface area (Å²) < 4.78 is 5.18. The number of fused-ring (bicyclic) bond motifs is 1. The average Bonchev–Trinajstić information content (AvgIpc) is 2.99. The van der Waals surface area contributed by atoms with Gasteiger partial charge in [-0.1, -0.05) is 29.8 Å². The number of phenolic OH excluding ortho intramolecular Hbond substituents is 1. The highest BCUT2D eigenvalue weighted by atomic mass is 35.5. The van der Waals surface area contributed by atoms with Gasteiger partial charge >= 0.3 is 11.9 Å². The van der Waals surface area contributed by atoms with Crippen molar-refractivity contribution in [3.8, 4) is 5.75 Å². The number of carboxylic acid groups (broad SMARTS) is 1. The van der Waals surface area contributed by atoms with Crippen LogP contribution in [-0.2, 0) is 14.9 Å². The number of H-pyrrole nitrogens is 1. The molecule has 0 saturated carbocycles. The summed E-state index contributed by atoms with van der Waals surface area (Å²) in [7, 11) is 0. The molecule has 0 radical (unpaired) electrons. The maximum Gasteiger partial charge on any atom is 0.340 e. The zero-order valence-electron chi connectivity index (χ0n) is 15.7. The zero-order chi connectivity index (χ0) is 20.6. The number of benzene rings is 2. The van der Waals surface area contributed by atoms with Crippen LogP contribution >= 0.6 is 11.6 Å². The van der Waals surface area contributed by atoms with E-state index in [1.54, 1.807) is 38.1 Å². The van der Waals surface area contributed by atoms with Crippen molar-refractivity contribution in [2.24, 2.45) is 0 Å². The van der Waals surface area contributed by atoms with Gasteiger partial charge in [-0.25, -0.2) is 4.79 Å². The van der Waals surface area contributed by atoms with Crippen molar-refractivity contribution in [1.82, 2.24) is 4.98 Å². The van der Waals surface area contributed by atoms with E-state index in [0.717, 1.165) is 0 Å². The van der Waals surface area contributed by atoms with Crippen molar-refractivity contribution >= 4 is 34.4 Å². The van der Waals surface area contributed by atoms with Crippen molar-refractivity contribution in [1.29, 1.82) is 0 Å². The smallest absolute Gasteiger partial charge is 0.340 e. The lowest BCUT2D eigenvalue weighted by Gasteiger charge is -2.27. The maximum absolute atomic E-state index is 12.6. The Morgan fingerprint density at radius 2 is 1.96 bits per heavy atom. The number of esters is 1. The second-order valence-corrected chi connectivity index (χ2v) is 7.08. The summed E-state index contributed by atoms with van der Waals surface area (Å²) in [5, 5.41) is 20.8. The highest BCUT2D eigenvalue weighted by Crippen LogP contribution is 2.41. The van der Waals surface area contributed by atoms with E-state index >= 15 is 0 Å². The monoisotopic (exact) mass is 401 g/mol. The molecular formula is C21H20ClNO5. The normalized spacial score (nSPS) is 13.3. The van der Waals surface area contributed by atoms with Crippen molar-refractivity contribution in [3.05, 3.63) is 63.8 Å². The lowest BCUT2D eigenvalue weighted by Crippen LogP contribution is -2.34. The second kappa shape index (κ2) is 7.20. The van der Waals surface area contributed by atoms with Gasteiger partial charge < -0.3 is 19.9 Å². The van der Waals surface area contributed by atoms with Crippen LogP contribution in [0, 0.1) is 6.92 Å². The molecule has 1 heterocycles. The second-order valence-electron chi connectivity index (χ2n) is 6.67. The Morgan fingerprint density at radius 3 is 2.57 bits per heavy atom. The number of aromatic nitrogens is 1. The van der Waals surface area contributed by atoms with Gasteiger partial charge in [0.2, 0.25) is 0 Å². The van der Waals surface area contributed by atoms with Gasteiger partial charge in [-0.15, -0.1) is 0 Å². The predicted octanol–water partition coefficient (Wildman–Crippen LogP) is 4.40. The molecule has 0 bridgehead atoms. The number of aliphatic carboxylic acids is 1. The van der Waals surface area contributed by atoms with Gasteiger partial charge in [0.1, 0.15) is 11.2 Å². The number of carboxylic acids is 1. The number of rotatable bonds is 5. The molecule has 1 aromatic heterocycles. The quantitative estimate of drug-likeness (QED) is 0.550. The van der Waals surface area contributed by atoms with Crippen LogP contribution in [0.15, 0.2) is 36.4 Å². The average molecular weight is 402 g/mol. The van der Waals surface area contributed by atoms with Crippen molar-refractivity contribution in [2.75, 3.05) is 6.61 Å². The number of carbonyl (C=O) groups excluding carboxylic acids is 1. The Kier molecular flexibility index (Phi) is 5.08. The molecule has 1 atom stereocenters. The van der Waals surface area contributed by atoms with Gasteiger partial charge in [-0.2, -0.15) is 0 Å². The van der Waals surface area contributed by atoms with Gasteiger partial charge in [0.05, 0.1) is 17.2 Å². The van der Waals surface area contributed by atoms with Crippen LogP contribution in [0.1, 0.15) is 41.0 Å². The number of halogens is 1. The third-order valence-corrected chi connectivity index (χ3v) is 5.30. The minimum atomic E-state index is -1.54. The SMILES string of the molecule is CCOC(=O)c1c(C)[nH]c2cccc(C(C)(C(=O)O)c3ccc(Cl)c(O)c3)c12. The Morgan fingerprint density at radius 1 is 1.25 bits per heavy atom. The summed E-state index contributed by atoms with van der Waals surface area (Å²) in [6.07, 6.45) is 0. The topological polar surface area (TPSA) is 99.6 Å². The van der Waals surface area contributed by atoms with Crippen LogP contribution in [-0.4, -0.2) is 33.7 Å². The van der Waals surface area contributed by atoms with Crippen molar-refractivity contribution < 1.29 is 24.5 Å². The molecule has 0 aliphatic carbocycles. The van der Waals surface area contributed by atoms with Crippen LogP contribution in [0.25, 0.3) is 10.9 Å². The van der Waals surface area contributed by atoms with Crippen LogP contribution in [0.3, 0.4) is 0 Å². The molecule has 28 heavy (non-hydrogen) atoms. The van der Waals surface area contributed by atoms with Gasteiger partial charge in [0, 0.05) is 16.6 Å². The molecule has 0 aliphatic rings. The highest BCUT2D eigenvalue weighted by molar-refractivity contribution is 6.32. The van der Waals surface area contributed by atoms with E-state index in [4.69, 9.17) is 16.3 Å². The van der Waals surface area contributed by atoms with E-state index < -0.39 is 17.4 Å². The first-order valence-corrected chi connectivity index (χ1v) is 9.10. The number of hydrogen-bond acceptors (Lipinski definition) is 4. The van der Waals surface area contributed by atoms with Crippen LogP contribution in [0.2, 0.25) is 5.02 Å². The maximum atomic E-state index is 12.6. The van der Waals surface area contributed by atoms with E-state index in [0.29, 0.717) is 33.3 Å². The molecule has 0 amide bonds. The molecule has 3 rings (SSSR count). The van der Waals surface area contributed by atoms with Gasteiger partial charge in [-0.05, 0) is 50.1 Å². The van der Waals surface area contributed by atoms with Gasteiger partial charge in [-0.3, -0.25) is 4.79 Å². The minimum Gasteiger partial charge on any atom is -0.506 e. The first-order valence-electron chi connectivity index (χ1n) is 8.73. The number of hydrogen-bond donors (Lipinski definition) is 3. The highest BCUT2D eigenvalue weighted by Gasteiger charge is 2.40. The molecule has 0 aliphatic heterocycles. The summed E-state index contributed by atoms with van der Waals surface area (Å²) in [5.41, 5.74) is 0.723. The molecule has 0 fully saturated rings. The number of aryl methyl sites for hydroxylation is 1. The molecular weight excluding hydrogens is 382 g/mol. The van der Waals surface area contributed by atoms with Gasteiger partial charge in [0.25, 0.3) is 0 Å². The predicted molar refractivity (Wildman–Crippen MR) is 106 cm³/mol. The summed E-state index contributed by atoms with van der Waals surface area (Å²) in [4.78, 5) is 28.1. The minimum absolute atomic E-state index is 0.124. The molecule has 7 heteroatoms. The van der Waals surface area contributed by atoms with Crippen LogP contribution in [0.4, 0.5) is 0 Å². The van der Waals surface area contributed by atoms with E-state index in [1.165, 1.54) is 19.1 Å². The van der Waals surface area contributed by atoms with E-state index in [2.05, 4.69) is 4.98 Å². The third-order valence-electron chi connectivity index (χ3n) is 4.98. The number of carbonyl (C=O) groups is 2. The largest absolute Gasteiger partial charge is 0.506 e. The number of nitrogens with one attached hydrogen (secondary N) is 1. The van der Waals surface area contributed by atoms with E-state index in [-0.39, 0.29) is 17.4 Å². The van der Waals surface area contributed by atoms with Gasteiger partial charge in [0.15, 0.2) is 0 Å². The third kappa shape index (κ3) is 2.99. The van der Waals surface area contributed by atoms with E-state index in [1.807, 2.05) is 0 Å². The number of aromatic hydroxyl groups is 1. The van der Waals surface area contributed by atoms with Crippen molar-refractivity contribution in [3.63, 3.8) is 0 Å². The fourth-order valence-electron chi connectivity index (χ4n) is 3.47. The molecule has 2 aromatic carbocycles. The standard InChI is InChI=1S/C21H20ClNO5/c1-4-28-19(25)17-11(2)23-15-7-5-6-13(18(15)17)21(3,20(26)27)12-8-9-14(22)16(24)10-12/h5-10,23-24H,4H2,1-3H3,(H,26,27). The fraction of sp³-hybridized carbons (Fsp3) is 0.238. The molecule has 0 spiro atoms. The zero-order valence-corrected chi connectivity index (χ0v) is 16.4. The van der Waals surface area contributed by atoms with Crippen molar-refractivity contribution in [2.45, 2.75) is 26.2 Å². The molecule has 6 nitrogen and oxygen atoms in total. The first kappa shape index (κ1) is 19.8. The van der Waals surface area contributed by atoms with Crippen LogP contribution in [0.5, 0.6) is 5.75 Å². The lowest BCUT2D eigenvalue weighted by atomic mass is 9.74. The molecule has 3 aromatic rings. The summed E-state index contributed by atoms with van der Waals surface area (Å²) >= 11 is 5.89. The molecule has 146 valence electrons. The summed E-state index contributed by atoms with van der Waals surface area (Å²) in [6, 6.07) is 9.49. The molecule has 3 N–H and O–H groups in total. The fourth-order valence-corrected chi connectivity index (χ4v) is 3.59. The number of phenols is 1. The first-order chi connectivity index (χ1) is 13.2. The summed E-state index contributed by atoms with van der Waals surface area (Å²) in [5.74, 6) is -1.87. The van der Waals surface area contributed by atoms with E-state index in [9.17, 15) is 19.8 Å².